The maximum atomic E-state index is 12.9. The van der Waals surface area contributed by atoms with Crippen molar-refractivity contribution in [2.45, 2.75) is 13.0 Å². The first-order valence-electron chi connectivity index (χ1n) is 8.32. The fourth-order valence-corrected chi connectivity index (χ4v) is 2.68. The molecule has 0 aliphatic rings. The quantitative estimate of drug-likeness (QED) is 0.680. The predicted octanol–water partition coefficient (Wildman–Crippen LogP) is 4.18. The van der Waals surface area contributed by atoms with Crippen molar-refractivity contribution in [3.63, 3.8) is 0 Å². The van der Waals surface area contributed by atoms with E-state index in [9.17, 15) is 14.0 Å². The molecule has 130 valence electrons. The maximum Gasteiger partial charge on any atom is 0.252 e. The summed E-state index contributed by atoms with van der Waals surface area (Å²) in [7, 11) is 0. The summed E-state index contributed by atoms with van der Waals surface area (Å²) in [5, 5.41) is 2.78. The Morgan fingerprint density at radius 2 is 1.35 bits per heavy atom. The van der Waals surface area contributed by atoms with E-state index in [0.29, 0.717) is 11.1 Å². The van der Waals surface area contributed by atoms with E-state index in [1.807, 2.05) is 30.3 Å². The molecule has 3 aromatic carbocycles. The third-order valence-corrected chi connectivity index (χ3v) is 4.05. The van der Waals surface area contributed by atoms with E-state index < -0.39 is 0 Å². The van der Waals surface area contributed by atoms with E-state index in [4.69, 9.17) is 0 Å². The predicted molar refractivity (Wildman–Crippen MR) is 98.5 cm³/mol. The number of hydrogen-bond donors (Lipinski definition) is 1. The molecule has 0 atom stereocenters. The van der Waals surface area contributed by atoms with E-state index in [0.717, 1.165) is 11.1 Å². The second-order valence-corrected chi connectivity index (χ2v) is 5.94. The van der Waals surface area contributed by atoms with Gasteiger partial charge in [-0.2, -0.15) is 0 Å². The Balaban J connectivity index is 1.72. The molecular formula is C22H18FNO2. The topological polar surface area (TPSA) is 46.2 Å². The zero-order chi connectivity index (χ0) is 18.4. The number of nitrogens with one attached hydrogen (secondary N) is 1. The highest BCUT2D eigenvalue weighted by Crippen LogP contribution is 2.13. The average molecular weight is 347 g/mol. The average Bonchev–Trinajstić information content (AvgIpc) is 2.68. The third kappa shape index (κ3) is 4.42. The Morgan fingerprint density at radius 1 is 0.731 bits per heavy atom. The molecule has 26 heavy (non-hydrogen) atoms. The van der Waals surface area contributed by atoms with Crippen molar-refractivity contribution in [1.82, 2.24) is 5.32 Å². The number of carbonyl (C=O) groups excluding carboxylic acids is 2. The van der Waals surface area contributed by atoms with Crippen molar-refractivity contribution < 1.29 is 14.0 Å². The van der Waals surface area contributed by atoms with Crippen molar-refractivity contribution in [2.24, 2.45) is 0 Å². The van der Waals surface area contributed by atoms with Crippen LogP contribution in [0, 0.1) is 5.82 Å². The number of amides is 1. The summed E-state index contributed by atoms with van der Waals surface area (Å²) in [5.74, 6) is -0.757. The van der Waals surface area contributed by atoms with Gasteiger partial charge in [0.15, 0.2) is 5.78 Å². The summed E-state index contributed by atoms with van der Waals surface area (Å²) < 4.78 is 12.9. The molecule has 4 heteroatoms. The lowest BCUT2D eigenvalue weighted by atomic mass is 9.98. The smallest absolute Gasteiger partial charge is 0.252 e. The van der Waals surface area contributed by atoms with Crippen LogP contribution in [0.25, 0.3) is 0 Å². The van der Waals surface area contributed by atoms with Gasteiger partial charge >= 0.3 is 0 Å². The lowest BCUT2D eigenvalue weighted by Crippen LogP contribution is -2.25. The molecule has 0 fully saturated rings. The SMILES string of the molecule is O=C(Cc1ccccc1)c1ccccc1C(=O)NCc1ccc(F)cc1. The molecule has 0 saturated carbocycles. The lowest BCUT2D eigenvalue weighted by Gasteiger charge is -2.10. The van der Waals surface area contributed by atoms with Crippen LogP contribution in [0.4, 0.5) is 4.39 Å². The number of hydrogen-bond acceptors (Lipinski definition) is 2. The molecule has 3 rings (SSSR count). The Hall–Kier alpha value is -3.27. The number of ketones is 1. The number of carbonyl (C=O) groups is 2. The molecule has 0 aliphatic carbocycles. The van der Waals surface area contributed by atoms with Crippen molar-refractivity contribution in [3.8, 4) is 0 Å². The van der Waals surface area contributed by atoms with Gasteiger partial charge in [-0.3, -0.25) is 9.59 Å². The lowest BCUT2D eigenvalue weighted by molar-refractivity contribution is 0.0932. The normalized spacial score (nSPS) is 10.3. The van der Waals surface area contributed by atoms with Crippen molar-refractivity contribution in [3.05, 3.63) is 107 Å². The van der Waals surface area contributed by atoms with Gasteiger partial charge in [-0.05, 0) is 29.3 Å². The van der Waals surface area contributed by atoms with Crippen LogP contribution in [0.15, 0.2) is 78.9 Å². The minimum Gasteiger partial charge on any atom is -0.348 e. The first-order valence-corrected chi connectivity index (χ1v) is 8.32. The second kappa shape index (κ2) is 8.21. The van der Waals surface area contributed by atoms with E-state index in [2.05, 4.69) is 5.32 Å². The van der Waals surface area contributed by atoms with Crippen LogP contribution in [-0.2, 0) is 13.0 Å². The molecule has 0 spiro atoms. The summed E-state index contributed by atoms with van der Waals surface area (Å²) in [6, 6.07) is 22.1. The van der Waals surface area contributed by atoms with E-state index >= 15 is 0 Å². The standard InChI is InChI=1S/C22H18FNO2/c23-18-12-10-17(11-13-18)15-24-22(26)20-9-5-4-8-19(20)21(25)14-16-6-2-1-3-7-16/h1-13H,14-15H2,(H,24,26). The van der Waals surface area contributed by atoms with Gasteiger partial charge in [0.1, 0.15) is 5.82 Å². The number of Topliss-reactive ketones (excluding diaryl/α,β-unsaturated/α-hetero) is 1. The first-order chi connectivity index (χ1) is 12.6. The van der Waals surface area contributed by atoms with Gasteiger partial charge in [0.05, 0.1) is 5.56 Å². The molecule has 0 heterocycles. The van der Waals surface area contributed by atoms with Gasteiger partial charge in [-0.1, -0.05) is 60.7 Å². The third-order valence-electron chi connectivity index (χ3n) is 4.05. The van der Waals surface area contributed by atoms with Gasteiger partial charge < -0.3 is 5.32 Å². The van der Waals surface area contributed by atoms with Crippen LogP contribution in [0.2, 0.25) is 0 Å². The summed E-state index contributed by atoms with van der Waals surface area (Å²) in [6.45, 7) is 0.264. The molecule has 1 amide bonds. The summed E-state index contributed by atoms with van der Waals surface area (Å²) >= 11 is 0. The fourth-order valence-electron chi connectivity index (χ4n) is 2.68. The Morgan fingerprint density at radius 3 is 2.04 bits per heavy atom. The maximum absolute atomic E-state index is 12.9. The monoisotopic (exact) mass is 347 g/mol. The fraction of sp³-hybridized carbons (Fsp3) is 0.0909. The molecule has 0 radical (unpaired) electrons. The Labute approximate surface area is 151 Å². The van der Waals surface area contributed by atoms with E-state index in [1.54, 1.807) is 36.4 Å². The van der Waals surface area contributed by atoms with Gasteiger partial charge in [-0.15, -0.1) is 0 Å². The van der Waals surface area contributed by atoms with Crippen LogP contribution in [-0.4, -0.2) is 11.7 Å². The number of benzene rings is 3. The van der Waals surface area contributed by atoms with Crippen molar-refractivity contribution >= 4 is 11.7 Å². The largest absolute Gasteiger partial charge is 0.348 e. The minimum atomic E-state index is -0.327. The van der Waals surface area contributed by atoms with Crippen LogP contribution >= 0.6 is 0 Å². The summed E-state index contributed by atoms with van der Waals surface area (Å²) in [5.41, 5.74) is 2.43. The van der Waals surface area contributed by atoms with Gasteiger partial charge in [0, 0.05) is 18.5 Å². The highest BCUT2D eigenvalue weighted by molar-refractivity contribution is 6.08. The van der Waals surface area contributed by atoms with Crippen LogP contribution in [0.5, 0.6) is 0 Å². The highest BCUT2D eigenvalue weighted by atomic mass is 19.1. The summed E-state index contributed by atoms with van der Waals surface area (Å²) in [6.07, 6.45) is 0.239. The van der Waals surface area contributed by atoms with Crippen LogP contribution < -0.4 is 5.32 Å². The molecular weight excluding hydrogens is 329 g/mol. The molecule has 0 saturated heterocycles. The highest BCUT2D eigenvalue weighted by Gasteiger charge is 2.16. The van der Waals surface area contributed by atoms with E-state index in [1.165, 1.54) is 12.1 Å². The Kier molecular flexibility index (Phi) is 5.54. The first kappa shape index (κ1) is 17.5. The molecule has 0 aromatic heterocycles. The van der Waals surface area contributed by atoms with Crippen LogP contribution in [0.1, 0.15) is 31.8 Å². The number of halogens is 1. The van der Waals surface area contributed by atoms with Gasteiger partial charge in [0.2, 0.25) is 0 Å². The molecule has 1 N–H and O–H groups in total. The van der Waals surface area contributed by atoms with Crippen molar-refractivity contribution in [1.29, 1.82) is 0 Å². The minimum absolute atomic E-state index is 0.108. The molecule has 3 aromatic rings. The molecule has 0 aliphatic heterocycles. The summed E-state index contributed by atoms with van der Waals surface area (Å²) in [4.78, 5) is 25.2. The zero-order valence-electron chi connectivity index (χ0n) is 14.1. The molecule has 0 bridgehead atoms. The second-order valence-electron chi connectivity index (χ2n) is 5.94. The number of rotatable bonds is 6. The van der Waals surface area contributed by atoms with Crippen LogP contribution in [0.3, 0.4) is 0 Å². The van der Waals surface area contributed by atoms with Crippen molar-refractivity contribution in [2.75, 3.05) is 0 Å². The van der Waals surface area contributed by atoms with E-state index in [-0.39, 0.29) is 30.5 Å². The molecule has 3 nitrogen and oxygen atoms in total. The zero-order valence-corrected chi connectivity index (χ0v) is 14.1. The van der Waals surface area contributed by atoms with Gasteiger partial charge in [0.25, 0.3) is 5.91 Å². The van der Waals surface area contributed by atoms with Gasteiger partial charge in [-0.25, -0.2) is 4.39 Å². The molecule has 0 unspecified atom stereocenters. The Bertz CT molecular complexity index is 905.